The highest BCUT2D eigenvalue weighted by molar-refractivity contribution is 5.99. The second-order valence-corrected chi connectivity index (χ2v) is 7.33. The van der Waals surface area contributed by atoms with Gasteiger partial charge in [-0.05, 0) is 56.1 Å². The van der Waals surface area contributed by atoms with Gasteiger partial charge in [-0.25, -0.2) is 4.39 Å². The van der Waals surface area contributed by atoms with Crippen LogP contribution in [0.25, 0.3) is 0 Å². The standard InChI is InChI=1S/C21H23FN4O2/c1-12-7-8-16(22)15-11-18(26-19(12)15)21(28)25-14-5-2-4-13(10-14)24-20(27)17-6-3-9-23-17/h2,4-5,7-8,10,17-18,23,26H,3,6,9,11H2,1H3,(H,24,27)(H,25,28). The van der Waals surface area contributed by atoms with Crippen molar-refractivity contribution in [2.45, 2.75) is 38.3 Å². The van der Waals surface area contributed by atoms with Crippen molar-refractivity contribution in [2.24, 2.45) is 0 Å². The van der Waals surface area contributed by atoms with E-state index in [1.807, 2.05) is 6.92 Å². The molecule has 4 rings (SSSR count). The molecule has 0 aliphatic carbocycles. The lowest BCUT2D eigenvalue weighted by atomic mass is 10.1. The highest BCUT2D eigenvalue weighted by Gasteiger charge is 2.30. The predicted molar refractivity (Wildman–Crippen MR) is 107 cm³/mol. The van der Waals surface area contributed by atoms with Crippen molar-refractivity contribution < 1.29 is 14.0 Å². The maximum absolute atomic E-state index is 14.0. The number of aryl methyl sites for hydroxylation is 1. The quantitative estimate of drug-likeness (QED) is 0.655. The molecule has 2 amide bonds. The van der Waals surface area contributed by atoms with Gasteiger partial charge in [-0.2, -0.15) is 0 Å². The van der Waals surface area contributed by atoms with E-state index in [-0.39, 0.29) is 23.7 Å². The molecule has 1 fully saturated rings. The molecule has 2 aliphatic rings. The number of rotatable bonds is 4. The molecule has 0 bridgehead atoms. The van der Waals surface area contributed by atoms with E-state index in [4.69, 9.17) is 0 Å². The summed E-state index contributed by atoms with van der Waals surface area (Å²) >= 11 is 0. The summed E-state index contributed by atoms with van der Waals surface area (Å²) in [6, 6.07) is 9.46. The Bertz CT molecular complexity index is 894. The monoisotopic (exact) mass is 382 g/mol. The predicted octanol–water partition coefficient (Wildman–Crippen LogP) is 2.80. The number of fused-ring (bicyclic) bond motifs is 1. The molecule has 1 saturated heterocycles. The van der Waals surface area contributed by atoms with Gasteiger partial charge in [0.1, 0.15) is 11.9 Å². The van der Waals surface area contributed by atoms with Crippen LogP contribution < -0.4 is 21.3 Å². The van der Waals surface area contributed by atoms with Crippen LogP contribution in [0.2, 0.25) is 0 Å². The van der Waals surface area contributed by atoms with Crippen LogP contribution in [-0.2, 0) is 16.0 Å². The van der Waals surface area contributed by atoms with E-state index >= 15 is 0 Å². The Morgan fingerprint density at radius 2 is 1.79 bits per heavy atom. The number of halogens is 1. The first kappa shape index (κ1) is 18.4. The molecule has 2 aromatic carbocycles. The number of amides is 2. The van der Waals surface area contributed by atoms with Gasteiger partial charge >= 0.3 is 0 Å². The number of benzene rings is 2. The molecule has 6 nitrogen and oxygen atoms in total. The minimum absolute atomic E-state index is 0.0696. The van der Waals surface area contributed by atoms with E-state index in [1.54, 1.807) is 30.3 Å². The first-order chi connectivity index (χ1) is 13.5. The van der Waals surface area contributed by atoms with E-state index in [1.165, 1.54) is 6.07 Å². The number of hydrogen-bond acceptors (Lipinski definition) is 4. The van der Waals surface area contributed by atoms with Crippen molar-refractivity contribution in [1.82, 2.24) is 5.32 Å². The number of hydrogen-bond donors (Lipinski definition) is 4. The van der Waals surface area contributed by atoms with Gasteiger partial charge < -0.3 is 21.3 Å². The molecule has 4 N–H and O–H groups in total. The highest BCUT2D eigenvalue weighted by Crippen LogP contribution is 2.32. The summed E-state index contributed by atoms with van der Waals surface area (Å²) in [5.41, 5.74) is 3.37. The molecule has 146 valence electrons. The number of anilines is 3. The van der Waals surface area contributed by atoms with E-state index in [2.05, 4.69) is 21.3 Å². The van der Waals surface area contributed by atoms with E-state index in [0.29, 0.717) is 29.0 Å². The topological polar surface area (TPSA) is 82.3 Å². The lowest BCUT2D eigenvalue weighted by Gasteiger charge is -2.14. The molecule has 7 heteroatoms. The average molecular weight is 382 g/mol. The Morgan fingerprint density at radius 3 is 2.43 bits per heavy atom. The van der Waals surface area contributed by atoms with Crippen molar-refractivity contribution in [3.8, 4) is 0 Å². The first-order valence-corrected chi connectivity index (χ1v) is 9.51. The first-order valence-electron chi connectivity index (χ1n) is 9.51. The summed E-state index contributed by atoms with van der Waals surface area (Å²) in [5, 5.41) is 12.0. The van der Waals surface area contributed by atoms with Crippen LogP contribution in [0.5, 0.6) is 0 Å². The van der Waals surface area contributed by atoms with Gasteiger partial charge in [0.25, 0.3) is 0 Å². The van der Waals surface area contributed by atoms with Crippen LogP contribution in [0.4, 0.5) is 21.5 Å². The minimum atomic E-state index is -0.536. The Labute approximate surface area is 162 Å². The highest BCUT2D eigenvalue weighted by atomic mass is 19.1. The van der Waals surface area contributed by atoms with Crippen LogP contribution in [0.15, 0.2) is 36.4 Å². The molecular weight excluding hydrogens is 359 g/mol. The fourth-order valence-electron chi connectivity index (χ4n) is 3.77. The summed E-state index contributed by atoms with van der Waals surface area (Å²) in [7, 11) is 0. The molecule has 0 saturated carbocycles. The molecule has 28 heavy (non-hydrogen) atoms. The van der Waals surface area contributed by atoms with Gasteiger partial charge in [-0.3, -0.25) is 9.59 Å². The Kier molecular flexibility index (Phi) is 5.00. The Hall–Kier alpha value is -2.93. The third kappa shape index (κ3) is 3.71. The molecule has 2 atom stereocenters. The van der Waals surface area contributed by atoms with Crippen LogP contribution in [-0.4, -0.2) is 30.4 Å². The molecule has 2 aliphatic heterocycles. The summed E-state index contributed by atoms with van der Waals surface area (Å²) in [6.45, 7) is 2.74. The van der Waals surface area contributed by atoms with Crippen LogP contribution in [0, 0.1) is 12.7 Å². The average Bonchev–Trinajstić information content (AvgIpc) is 3.35. The summed E-state index contributed by atoms with van der Waals surface area (Å²) in [5.74, 6) is -0.607. The Balaban J connectivity index is 1.41. The molecule has 2 heterocycles. The number of carbonyl (C=O) groups excluding carboxylic acids is 2. The fraction of sp³-hybridized carbons (Fsp3) is 0.333. The lowest BCUT2D eigenvalue weighted by molar-refractivity contribution is -0.118. The van der Waals surface area contributed by atoms with Crippen molar-refractivity contribution in [3.05, 3.63) is 53.3 Å². The SMILES string of the molecule is Cc1ccc(F)c2c1NC(C(=O)Nc1cccc(NC(=O)C3CCCN3)c1)C2. The van der Waals surface area contributed by atoms with E-state index in [0.717, 1.165) is 24.9 Å². The van der Waals surface area contributed by atoms with Crippen molar-refractivity contribution in [3.63, 3.8) is 0 Å². The Morgan fingerprint density at radius 1 is 1.07 bits per heavy atom. The minimum Gasteiger partial charge on any atom is -0.373 e. The molecular formula is C21H23FN4O2. The van der Waals surface area contributed by atoms with Crippen LogP contribution in [0.1, 0.15) is 24.0 Å². The van der Waals surface area contributed by atoms with Gasteiger partial charge in [-0.15, -0.1) is 0 Å². The van der Waals surface area contributed by atoms with Gasteiger partial charge in [0.2, 0.25) is 11.8 Å². The van der Waals surface area contributed by atoms with Crippen molar-refractivity contribution in [1.29, 1.82) is 0 Å². The molecule has 0 radical (unpaired) electrons. The zero-order valence-corrected chi connectivity index (χ0v) is 15.6. The second kappa shape index (κ2) is 7.59. The number of carbonyl (C=O) groups is 2. The summed E-state index contributed by atoms with van der Waals surface area (Å²) in [4.78, 5) is 24.9. The van der Waals surface area contributed by atoms with Crippen molar-refractivity contribution >= 4 is 28.9 Å². The fourth-order valence-corrected chi connectivity index (χ4v) is 3.77. The molecule has 0 spiro atoms. The molecule has 2 aromatic rings. The van der Waals surface area contributed by atoms with Gasteiger partial charge in [0.15, 0.2) is 0 Å². The summed E-state index contributed by atoms with van der Waals surface area (Å²) in [6.07, 6.45) is 2.12. The van der Waals surface area contributed by atoms with E-state index in [9.17, 15) is 14.0 Å². The van der Waals surface area contributed by atoms with Crippen LogP contribution in [0.3, 0.4) is 0 Å². The zero-order valence-electron chi connectivity index (χ0n) is 15.6. The van der Waals surface area contributed by atoms with E-state index < -0.39 is 6.04 Å². The zero-order chi connectivity index (χ0) is 19.7. The summed E-state index contributed by atoms with van der Waals surface area (Å²) < 4.78 is 14.0. The second-order valence-electron chi connectivity index (χ2n) is 7.33. The van der Waals surface area contributed by atoms with Crippen molar-refractivity contribution in [2.75, 3.05) is 22.5 Å². The third-order valence-corrected chi connectivity index (χ3v) is 5.28. The largest absolute Gasteiger partial charge is 0.373 e. The normalized spacial score (nSPS) is 20.4. The molecule has 0 aromatic heterocycles. The smallest absolute Gasteiger partial charge is 0.247 e. The van der Waals surface area contributed by atoms with Gasteiger partial charge in [-0.1, -0.05) is 12.1 Å². The third-order valence-electron chi connectivity index (χ3n) is 5.28. The maximum Gasteiger partial charge on any atom is 0.247 e. The lowest BCUT2D eigenvalue weighted by Crippen LogP contribution is -2.35. The van der Waals surface area contributed by atoms with Gasteiger partial charge in [0.05, 0.1) is 6.04 Å². The number of nitrogens with one attached hydrogen (secondary N) is 4. The maximum atomic E-state index is 14.0. The van der Waals surface area contributed by atoms with Gasteiger partial charge in [0, 0.05) is 29.0 Å². The van der Waals surface area contributed by atoms with Crippen LogP contribution >= 0.6 is 0 Å². The molecule has 2 unspecified atom stereocenters.